The van der Waals surface area contributed by atoms with Crippen LogP contribution in [0.5, 0.6) is 0 Å². The molecule has 1 aliphatic heterocycles. The Morgan fingerprint density at radius 1 is 1.33 bits per heavy atom. The van der Waals surface area contributed by atoms with Crippen molar-refractivity contribution in [3.05, 3.63) is 11.6 Å². The second-order valence-electron chi connectivity index (χ2n) is 4.63. The highest BCUT2D eigenvalue weighted by Crippen LogP contribution is 2.18. The number of aromatic nitrogens is 1. The van der Waals surface area contributed by atoms with E-state index in [0.29, 0.717) is 5.84 Å². The third kappa shape index (κ3) is 3.96. The predicted molar refractivity (Wildman–Crippen MR) is 76.5 cm³/mol. The number of nitrogens with two attached hydrogens (primary N) is 1. The summed E-state index contributed by atoms with van der Waals surface area (Å²) in [6.45, 7) is 5.48. The van der Waals surface area contributed by atoms with Crippen molar-refractivity contribution >= 4 is 22.3 Å². The summed E-state index contributed by atoms with van der Waals surface area (Å²) in [7, 11) is 0. The molecule has 0 radical (unpaired) electrons. The maximum atomic E-state index is 7.18. The van der Waals surface area contributed by atoms with E-state index >= 15 is 0 Å². The lowest BCUT2D eigenvalue weighted by Gasteiger charge is -2.34. The summed E-state index contributed by atoms with van der Waals surface area (Å²) >= 11 is 1.71. The first-order valence-electron chi connectivity index (χ1n) is 6.45. The van der Waals surface area contributed by atoms with E-state index in [1.165, 1.54) is 0 Å². The van der Waals surface area contributed by atoms with E-state index in [2.05, 4.69) is 14.8 Å². The lowest BCUT2D eigenvalue weighted by molar-refractivity contribution is 0.253. The molecule has 0 saturated carbocycles. The Morgan fingerprint density at radius 2 is 2.11 bits per heavy atom. The molecule has 0 spiro atoms. The van der Waals surface area contributed by atoms with Crippen LogP contribution in [-0.4, -0.2) is 48.4 Å². The van der Waals surface area contributed by atoms with Gasteiger partial charge in [-0.25, -0.2) is 4.98 Å². The summed E-state index contributed by atoms with van der Waals surface area (Å²) in [5.74, 6) is 0.309. The highest BCUT2D eigenvalue weighted by Gasteiger charge is 2.17. The molecule has 2 heterocycles. The molecule has 18 heavy (non-hydrogen) atoms. The van der Waals surface area contributed by atoms with Gasteiger partial charge >= 0.3 is 0 Å². The average molecular weight is 267 g/mol. The molecule has 0 aromatic carbocycles. The lowest BCUT2D eigenvalue weighted by Crippen LogP contribution is -2.46. The second kappa shape index (κ2) is 6.70. The Bertz CT molecular complexity index is 357. The minimum absolute atomic E-state index is 0.309. The van der Waals surface area contributed by atoms with E-state index in [-0.39, 0.29) is 0 Å². The predicted octanol–water partition coefficient (Wildman–Crippen LogP) is 1.37. The van der Waals surface area contributed by atoms with Crippen molar-refractivity contribution in [2.75, 3.05) is 37.6 Å². The number of unbranched alkanes of at least 4 members (excludes halogenated alkanes) is 1. The van der Waals surface area contributed by atoms with Crippen LogP contribution in [0.2, 0.25) is 0 Å². The molecule has 0 amide bonds. The van der Waals surface area contributed by atoms with Crippen LogP contribution in [0, 0.1) is 5.41 Å². The molecule has 5 nitrogen and oxygen atoms in total. The first-order chi connectivity index (χ1) is 8.75. The minimum atomic E-state index is 0.309. The van der Waals surface area contributed by atoms with Gasteiger partial charge < -0.3 is 10.6 Å². The molecule has 6 heteroatoms. The van der Waals surface area contributed by atoms with Crippen molar-refractivity contribution in [2.45, 2.75) is 19.3 Å². The standard InChI is InChI=1S/C12H21N5S/c13-11(14)3-1-2-5-16-6-8-17(9-7-16)12-15-4-10-18-12/h4,10H,1-3,5-9H2,(H3,13,14). The molecule has 1 aliphatic rings. The number of piperazine rings is 1. The molecular formula is C12H21N5S. The van der Waals surface area contributed by atoms with Gasteiger partial charge in [0, 0.05) is 44.2 Å². The number of thiazole rings is 1. The average Bonchev–Trinajstić information content (AvgIpc) is 2.89. The molecule has 0 unspecified atom stereocenters. The molecule has 0 bridgehead atoms. The van der Waals surface area contributed by atoms with Gasteiger partial charge in [-0.1, -0.05) is 0 Å². The lowest BCUT2D eigenvalue weighted by atomic mass is 10.2. The first-order valence-corrected chi connectivity index (χ1v) is 7.33. The maximum Gasteiger partial charge on any atom is 0.185 e. The monoisotopic (exact) mass is 267 g/mol. The number of nitrogens with one attached hydrogen (secondary N) is 1. The number of nitrogens with zero attached hydrogens (tertiary/aromatic N) is 3. The number of amidine groups is 1. The molecule has 3 N–H and O–H groups in total. The van der Waals surface area contributed by atoms with Crippen molar-refractivity contribution in [1.82, 2.24) is 9.88 Å². The van der Waals surface area contributed by atoms with Crippen LogP contribution in [0.25, 0.3) is 0 Å². The summed E-state index contributed by atoms with van der Waals surface area (Å²) in [6.07, 6.45) is 4.77. The molecular weight excluding hydrogens is 246 g/mol. The third-order valence-corrected chi connectivity index (χ3v) is 4.06. The van der Waals surface area contributed by atoms with Crippen molar-refractivity contribution in [3.63, 3.8) is 0 Å². The van der Waals surface area contributed by atoms with Gasteiger partial charge in [-0.2, -0.15) is 0 Å². The van der Waals surface area contributed by atoms with Gasteiger partial charge in [-0.15, -0.1) is 11.3 Å². The van der Waals surface area contributed by atoms with Crippen LogP contribution in [0.1, 0.15) is 19.3 Å². The van der Waals surface area contributed by atoms with Gasteiger partial charge in [0.25, 0.3) is 0 Å². The third-order valence-electron chi connectivity index (χ3n) is 3.23. The van der Waals surface area contributed by atoms with E-state index in [1.807, 2.05) is 11.6 Å². The van der Waals surface area contributed by atoms with Crippen molar-refractivity contribution in [3.8, 4) is 0 Å². The second-order valence-corrected chi connectivity index (χ2v) is 5.50. The number of hydrogen-bond donors (Lipinski definition) is 2. The van der Waals surface area contributed by atoms with E-state index in [1.54, 1.807) is 11.3 Å². The Labute approximate surface area is 112 Å². The van der Waals surface area contributed by atoms with Crippen LogP contribution >= 0.6 is 11.3 Å². The van der Waals surface area contributed by atoms with Gasteiger partial charge in [0.2, 0.25) is 0 Å². The number of hydrogen-bond acceptors (Lipinski definition) is 5. The van der Waals surface area contributed by atoms with E-state index < -0.39 is 0 Å². The molecule has 0 atom stereocenters. The SMILES string of the molecule is N=C(N)CCCCN1CCN(c2nccs2)CC1. The van der Waals surface area contributed by atoms with Gasteiger partial charge in [0.1, 0.15) is 0 Å². The molecule has 2 rings (SSSR count). The first kappa shape index (κ1) is 13.3. The smallest absolute Gasteiger partial charge is 0.185 e. The van der Waals surface area contributed by atoms with Crippen molar-refractivity contribution in [1.29, 1.82) is 5.41 Å². The summed E-state index contributed by atoms with van der Waals surface area (Å²) in [4.78, 5) is 9.20. The Hall–Kier alpha value is -1.14. The molecule has 0 aliphatic carbocycles. The van der Waals surface area contributed by atoms with Crippen LogP contribution in [0.3, 0.4) is 0 Å². The van der Waals surface area contributed by atoms with Crippen LogP contribution in [0.4, 0.5) is 5.13 Å². The zero-order chi connectivity index (χ0) is 12.8. The Morgan fingerprint density at radius 3 is 2.72 bits per heavy atom. The molecule has 1 aromatic rings. The zero-order valence-corrected chi connectivity index (χ0v) is 11.5. The minimum Gasteiger partial charge on any atom is -0.388 e. The Kier molecular flexibility index (Phi) is 4.95. The molecule has 1 aromatic heterocycles. The fourth-order valence-electron chi connectivity index (χ4n) is 2.19. The topological polar surface area (TPSA) is 69.2 Å². The normalized spacial score (nSPS) is 17.0. The van der Waals surface area contributed by atoms with Gasteiger partial charge in [0.05, 0.1) is 5.84 Å². The van der Waals surface area contributed by atoms with Crippen molar-refractivity contribution in [2.24, 2.45) is 5.73 Å². The van der Waals surface area contributed by atoms with Crippen molar-refractivity contribution < 1.29 is 0 Å². The summed E-state index contributed by atoms with van der Waals surface area (Å²) in [5, 5.41) is 10.4. The quantitative estimate of drug-likeness (QED) is 0.464. The van der Waals surface area contributed by atoms with Crippen LogP contribution < -0.4 is 10.6 Å². The summed E-state index contributed by atoms with van der Waals surface area (Å²) < 4.78 is 0. The van der Waals surface area contributed by atoms with Gasteiger partial charge in [-0.05, 0) is 19.4 Å². The number of rotatable bonds is 6. The molecule has 1 fully saturated rings. The number of anilines is 1. The maximum absolute atomic E-state index is 7.18. The van der Waals surface area contributed by atoms with E-state index in [4.69, 9.17) is 11.1 Å². The summed E-state index contributed by atoms with van der Waals surface area (Å²) in [5.41, 5.74) is 5.34. The largest absolute Gasteiger partial charge is 0.388 e. The fraction of sp³-hybridized carbons (Fsp3) is 0.667. The Balaban J connectivity index is 1.63. The fourth-order valence-corrected chi connectivity index (χ4v) is 2.88. The zero-order valence-electron chi connectivity index (χ0n) is 10.6. The highest BCUT2D eigenvalue weighted by molar-refractivity contribution is 7.13. The summed E-state index contributed by atoms with van der Waals surface area (Å²) in [6, 6.07) is 0. The molecule has 100 valence electrons. The van der Waals surface area contributed by atoms with Gasteiger partial charge in [0.15, 0.2) is 5.13 Å². The van der Waals surface area contributed by atoms with Crippen LogP contribution in [-0.2, 0) is 0 Å². The highest BCUT2D eigenvalue weighted by atomic mass is 32.1. The molecule has 1 saturated heterocycles. The van der Waals surface area contributed by atoms with E-state index in [0.717, 1.165) is 57.1 Å². The van der Waals surface area contributed by atoms with E-state index in [9.17, 15) is 0 Å². The van der Waals surface area contributed by atoms with Gasteiger partial charge in [-0.3, -0.25) is 10.3 Å². The van der Waals surface area contributed by atoms with Crippen LogP contribution in [0.15, 0.2) is 11.6 Å².